The molecular weight excluding hydrogens is 344 g/mol. The molecule has 2 aliphatic rings. The molecule has 0 radical (unpaired) electrons. The van der Waals surface area contributed by atoms with E-state index in [0.717, 1.165) is 18.6 Å². The first-order valence-electron chi connectivity index (χ1n) is 9.59. The Labute approximate surface area is 158 Å². The minimum absolute atomic E-state index is 0.0236. The van der Waals surface area contributed by atoms with E-state index in [9.17, 15) is 9.59 Å². The van der Waals surface area contributed by atoms with Gasteiger partial charge in [0.25, 0.3) is 11.5 Å². The number of aromatic nitrogens is 3. The fourth-order valence-corrected chi connectivity index (χ4v) is 3.80. The number of hydrogen-bond donors (Lipinski definition) is 0. The fraction of sp³-hybridized carbons (Fsp3) is 0.550. The molecule has 2 aromatic heterocycles. The lowest BCUT2D eigenvalue weighted by Crippen LogP contribution is -2.43. The summed E-state index contributed by atoms with van der Waals surface area (Å²) in [5, 5.41) is 4.25. The van der Waals surface area contributed by atoms with Crippen molar-refractivity contribution in [2.75, 3.05) is 13.2 Å². The SMILES string of the molecule is Cn1cc(C[C@H]2[C@H](OCC3CC3)CCN2C(=O)c2cccc(=O)n2C)cn1. The Morgan fingerprint density at radius 1 is 1.26 bits per heavy atom. The van der Waals surface area contributed by atoms with E-state index in [0.29, 0.717) is 24.6 Å². The van der Waals surface area contributed by atoms with Gasteiger partial charge in [-0.1, -0.05) is 6.07 Å². The van der Waals surface area contributed by atoms with Crippen molar-refractivity contribution in [3.63, 3.8) is 0 Å². The Morgan fingerprint density at radius 2 is 2.07 bits per heavy atom. The van der Waals surface area contributed by atoms with Crippen LogP contribution in [-0.2, 0) is 25.3 Å². The second-order valence-electron chi connectivity index (χ2n) is 7.70. The van der Waals surface area contributed by atoms with E-state index in [2.05, 4.69) is 5.10 Å². The van der Waals surface area contributed by atoms with Crippen LogP contribution in [0.3, 0.4) is 0 Å². The molecule has 1 amide bonds. The van der Waals surface area contributed by atoms with Crippen molar-refractivity contribution in [3.8, 4) is 0 Å². The van der Waals surface area contributed by atoms with E-state index in [-0.39, 0.29) is 23.6 Å². The van der Waals surface area contributed by atoms with Crippen LogP contribution >= 0.6 is 0 Å². The summed E-state index contributed by atoms with van der Waals surface area (Å²) in [6.45, 7) is 1.42. The number of pyridine rings is 1. The Balaban J connectivity index is 1.57. The lowest BCUT2D eigenvalue weighted by molar-refractivity contribution is 0.0197. The van der Waals surface area contributed by atoms with Gasteiger partial charge in [-0.15, -0.1) is 0 Å². The maximum absolute atomic E-state index is 13.2. The van der Waals surface area contributed by atoms with Gasteiger partial charge in [-0.3, -0.25) is 14.3 Å². The number of ether oxygens (including phenoxy) is 1. The van der Waals surface area contributed by atoms with Crippen molar-refractivity contribution in [2.24, 2.45) is 20.0 Å². The van der Waals surface area contributed by atoms with Crippen LogP contribution in [0.15, 0.2) is 35.4 Å². The summed E-state index contributed by atoms with van der Waals surface area (Å²) < 4.78 is 9.39. The number of likely N-dealkylation sites (tertiary alicyclic amines) is 1. The Kier molecular flexibility index (Phi) is 4.86. The van der Waals surface area contributed by atoms with Crippen LogP contribution in [0.25, 0.3) is 0 Å². The number of carbonyl (C=O) groups excluding carboxylic acids is 1. The first-order chi connectivity index (χ1) is 13.0. The molecule has 0 spiro atoms. The van der Waals surface area contributed by atoms with Crippen molar-refractivity contribution in [2.45, 2.75) is 37.8 Å². The average molecular weight is 370 g/mol. The van der Waals surface area contributed by atoms with Crippen LogP contribution in [0.2, 0.25) is 0 Å². The van der Waals surface area contributed by atoms with Crippen LogP contribution in [-0.4, -0.2) is 50.5 Å². The van der Waals surface area contributed by atoms with Crippen LogP contribution < -0.4 is 5.56 Å². The van der Waals surface area contributed by atoms with E-state index in [1.54, 1.807) is 23.9 Å². The standard InChI is InChI=1S/C20H26N4O3/c1-22-12-15(11-21-22)10-17-18(27-13-14-6-7-14)8-9-24(17)20(26)16-4-3-5-19(25)23(16)2/h3-5,11-12,14,17-18H,6-10,13H2,1-2H3/t17-,18+/m0/s1. The molecule has 0 aromatic carbocycles. The van der Waals surface area contributed by atoms with Crippen molar-refractivity contribution in [1.82, 2.24) is 19.2 Å². The number of nitrogens with zero attached hydrogens (tertiary/aromatic N) is 4. The summed E-state index contributed by atoms with van der Waals surface area (Å²) in [7, 11) is 3.53. The van der Waals surface area contributed by atoms with E-state index in [1.807, 2.05) is 24.3 Å². The molecule has 1 aliphatic heterocycles. The summed E-state index contributed by atoms with van der Waals surface area (Å²) in [6, 6.07) is 4.78. The lowest BCUT2D eigenvalue weighted by atomic mass is 10.0. The van der Waals surface area contributed by atoms with Crippen molar-refractivity contribution < 1.29 is 9.53 Å². The quantitative estimate of drug-likeness (QED) is 0.770. The van der Waals surface area contributed by atoms with Gasteiger partial charge in [-0.2, -0.15) is 5.10 Å². The fourth-order valence-electron chi connectivity index (χ4n) is 3.80. The molecular formula is C20H26N4O3. The zero-order valence-electron chi connectivity index (χ0n) is 15.9. The largest absolute Gasteiger partial charge is 0.376 e. The molecule has 144 valence electrons. The van der Waals surface area contributed by atoms with Crippen LogP contribution in [0.1, 0.15) is 35.3 Å². The highest BCUT2D eigenvalue weighted by molar-refractivity contribution is 5.93. The molecule has 1 aliphatic carbocycles. The van der Waals surface area contributed by atoms with E-state index < -0.39 is 0 Å². The number of hydrogen-bond acceptors (Lipinski definition) is 4. The molecule has 0 unspecified atom stereocenters. The third kappa shape index (κ3) is 3.83. The maximum atomic E-state index is 13.2. The third-order valence-corrected chi connectivity index (χ3v) is 5.59. The van der Waals surface area contributed by atoms with Crippen LogP contribution in [0.4, 0.5) is 0 Å². The van der Waals surface area contributed by atoms with Crippen LogP contribution in [0, 0.1) is 5.92 Å². The highest BCUT2D eigenvalue weighted by Crippen LogP contribution is 2.32. The summed E-state index contributed by atoms with van der Waals surface area (Å²) in [4.78, 5) is 27.0. The van der Waals surface area contributed by atoms with Gasteiger partial charge in [0.15, 0.2) is 0 Å². The maximum Gasteiger partial charge on any atom is 0.270 e. The molecule has 0 N–H and O–H groups in total. The minimum Gasteiger partial charge on any atom is -0.376 e. The van der Waals surface area contributed by atoms with Gasteiger partial charge in [0.05, 0.1) is 18.3 Å². The van der Waals surface area contributed by atoms with E-state index in [1.165, 1.54) is 23.5 Å². The molecule has 4 rings (SSSR count). The Hall–Kier alpha value is -2.41. The average Bonchev–Trinajstić information content (AvgIpc) is 3.27. The second-order valence-corrected chi connectivity index (χ2v) is 7.70. The summed E-state index contributed by atoms with van der Waals surface area (Å²) in [5.41, 5.74) is 1.33. The van der Waals surface area contributed by atoms with E-state index >= 15 is 0 Å². The van der Waals surface area contributed by atoms with Gasteiger partial charge in [-0.05, 0) is 43.2 Å². The predicted octanol–water partition coefficient (Wildman–Crippen LogP) is 1.37. The molecule has 7 heteroatoms. The molecule has 0 bridgehead atoms. The Morgan fingerprint density at radius 3 is 2.78 bits per heavy atom. The van der Waals surface area contributed by atoms with Crippen LogP contribution in [0.5, 0.6) is 0 Å². The molecule has 27 heavy (non-hydrogen) atoms. The molecule has 7 nitrogen and oxygen atoms in total. The number of aryl methyl sites for hydroxylation is 1. The zero-order chi connectivity index (χ0) is 19.0. The Bertz CT molecular complexity index is 883. The zero-order valence-corrected chi connectivity index (χ0v) is 15.9. The summed E-state index contributed by atoms with van der Waals surface area (Å²) in [6.07, 6.45) is 7.87. The highest BCUT2D eigenvalue weighted by atomic mass is 16.5. The first kappa shape index (κ1) is 18.0. The number of rotatable bonds is 6. The summed E-state index contributed by atoms with van der Waals surface area (Å²) >= 11 is 0. The second kappa shape index (κ2) is 7.31. The third-order valence-electron chi connectivity index (χ3n) is 5.59. The number of amides is 1. The number of carbonyl (C=O) groups is 1. The highest BCUT2D eigenvalue weighted by Gasteiger charge is 2.39. The monoisotopic (exact) mass is 370 g/mol. The van der Waals surface area contributed by atoms with Gasteiger partial charge in [0, 0.05) is 39.5 Å². The van der Waals surface area contributed by atoms with Gasteiger partial charge in [0.1, 0.15) is 5.69 Å². The van der Waals surface area contributed by atoms with Gasteiger partial charge >= 0.3 is 0 Å². The summed E-state index contributed by atoms with van der Waals surface area (Å²) in [5.74, 6) is 0.574. The topological polar surface area (TPSA) is 69.4 Å². The van der Waals surface area contributed by atoms with E-state index in [4.69, 9.17) is 4.74 Å². The first-order valence-corrected chi connectivity index (χ1v) is 9.59. The van der Waals surface area contributed by atoms with Crippen molar-refractivity contribution in [1.29, 1.82) is 0 Å². The molecule has 2 fully saturated rings. The van der Waals surface area contributed by atoms with Gasteiger partial charge in [0.2, 0.25) is 0 Å². The predicted molar refractivity (Wildman–Crippen MR) is 101 cm³/mol. The van der Waals surface area contributed by atoms with Crippen molar-refractivity contribution >= 4 is 5.91 Å². The molecule has 1 saturated heterocycles. The van der Waals surface area contributed by atoms with Gasteiger partial charge in [-0.25, -0.2) is 0 Å². The van der Waals surface area contributed by atoms with Crippen molar-refractivity contribution in [3.05, 3.63) is 52.2 Å². The lowest BCUT2D eigenvalue weighted by Gasteiger charge is -2.28. The smallest absolute Gasteiger partial charge is 0.270 e. The molecule has 3 heterocycles. The molecule has 2 atom stereocenters. The molecule has 1 saturated carbocycles. The minimum atomic E-state index is -0.176. The normalized spacial score (nSPS) is 22.4. The van der Waals surface area contributed by atoms with Gasteiger partial charge < -0.3 is 14.2 Å². The molecule has 2 aromatic rings.